The maximum absolute atomic E-state index is 11.4. The minimum absolute atomic E-state index is 0.249. The molecule has 0 unspecified atom stereocenters. The number of benzene rings is 3. The van der Waals surface area contributed by atoms with Crippen LogP contribution < -0.4 is 0 Å². The number of aromatic carboxylic acids is 1. The fraction of sp³-hybridized carbons (Fsp3) is 0. The second-order valence-electron chi connectivity index (χ2n) is 4.41. The number of hydrogen-bond donors (Lipinski definition) is 1. The number of halogens is 3. The first-order chi connectivity index (χ1) is 9.47. The first-order valence-corrected chi connectivity index (χ1v) is 7.26. The predicted octanol–water partition coefficient (Wildman–Crippen LogP) is 5.76. The quantitative estimate of drug-likeness (QED) is 0.553. The van der Waals surface area contributed by atoms with Crippen molar-refractivity contribution in [3.05, 3.63) is 56.5 Å². The average Bonchev–Trinajstić information content (AvgIpc) is 2.39. The lowest BCUT2D eigenvalue weighted by Gasteiger charge is -2.09. The Hall–Kier alpha value is -1.29. The zero-order chi connectivity index (χ0) is 14.4. The number of carboxylic acids is 1. The molecule has 5 heteroatoms. The maximum Gasteiger partial charge on any atom is 0.336 e. The average molecular weight is 370 g/mol. The van der Waals surface area contributed by atoms with Gasteiger partial charge in [0.25, 0.3) is 0 Å². The van der Waals surface area contributed by atoms with Crippen molar-refractivity contribution in [3.8, 4) is 0 Å². The van der Waals surface area contributed by atoms with Crippen molar-refractivity contribution in [2.24, 2.45) is 0 Å². The molecule has 3 aromatic carbocycles. The fourth-order valence-electron chi connectivity index (χ4n) is 2.30. The van der Waals surface area contributed by atoms with Crippen LogP contribution in [0.1, 0.15) is 10.4 Å². The van der Waals surface area contributed by atoms with E-state index < -0.39 is 5.97 Å². The van der Waals surface area contributed by atoms with Crippen LogP contribution in [0.4, 0.5) is 0 Å². The van der Waals surface area contributed by atoms with Crippen LogP contribution in [0.5, 0.6) is 0 Å². The van der Waals surface area contributed by atoms with E-state index in [4.69, 9.17) is 23.2 Å². The Morgan fingerprint density at radius 2 is 1.65 bits per heavy atom. The Labute approximate surface area is 133 Å². The highest BCUT2D eigenvalue weighted by Gasteiger charge is 2.13. The van der Waals surface area contributed by atoms with E-state index in [1.807, 2.05) is 12.1 Å². The van der Waals surface area contributed by atoms with E-state index in [2.05, 4.69) is 15.9 Å². The zero-order valence-electron chi connectivity index (χ0n) is 9.95. The molecule has 1 N–H and O–H groups in total. The summed E-state index contributed by atoms with van der Waals surface area (Å²) in [6.45, 7) is 0. The third-order valence-electron chi connectivity index (χ3n) is 3.18. The molecule has 2 nitrogen and oxygen atoms in total. The number of carbonyl (C=O) groups is 1. The van der Waals surface area contributed by atoms with Gasteiger partial charge in [-0.3, -0.25) is 0 Å². The van der Waals surface area contributed by atoms with E-state index in [9.17, 15) is 9.90 Å². The lowest BCUT2D eigenvalue weighted by molar-refractivity contribution is 0.0699. The summed E-state index contributed by atoms with van der Waals surface area (Å²) in [7, 11) is 0. The molecule has 0 saturated carbocycles. The molecule has 0 bridgehead atoms. The molecular formula is C15H7BrCl2O2. The van der Waals surface area contributed by atoms with Crippen LogP contribution in [0.2, 0.25) is 10.0 Å². The molecule has 0 heterocycles. The molecule has 3 aromatic rings. The van der Waals surface area contributed by atoms with Gasteiger partial charge >= 0.3 is 5.97 Å². The molecule has 0 amide bonds. The monoisotopic (exact) mass is 368 g/mol. The van der Waals surface area contributed by atoms with Crippen LogP contribution in [-0.4, -0.2) is 11.1 Å². The molecule has 20 heavy (non-hydrogen) atoms. The molecular weight excluding hydrogens is 363 g/mol. The van der Waals surface area contributed by atoms with E-state index >= 15 is 0 Å². The van der Waals surface area contributed by atoms with Crippen molar-refractivity contribution in [3.63, 3.8) is 0 Å². The number of hydrogen-bond acceptors (Lipinski definition) is 1. The van der Waals surface area contributed by atoms with Crippen LogP contribution in [-0.2, 0) is 0 Å². The SMILES string of the molecule is O=C(O)c1cc2cc(Cl)c(Cl)cc2c2cc(Br)ccc12. The van der Waals surface area contributed by atoms with Gasteiger partial charge in [0.2, 0.25) is 0 Å². The highest BCUT2D eigenvalue weighted by atomic mass is 79.9. The van der Waals surface area contributed by atoms with E-state index in [1.165, 1.54) is 0 Å². The van der Waals surface area contributed by atoms with Gasteiger partial charge in [-0.1, -0.05) is 45.2 Å². The van der Waals surface area contributed by atoms with Crippen molar-refractivity contribution in [2.75, 3.05) is 0 Å². The molecule has 0 spiro atoms. The number of carboxylic acid groups (broad SMARTS) is 1. The molecule has 0 atom stereocenters. The lowest BCUT2D eigenvalue weighted by Crippen LogP contribution is -1.98. The molecule has 0 aromatic heterocycles. The van der Waals surface area contributed by atoms with Gasteiger partial charge in [-0.25, -0.2) is 4.79 Å². The Bertz CT molecular complexity index is 875. The minimum atomic E-state index is -0.967. The van der Waals surface area contributed by atoms with Gasteiger partial charge in [-0.15, -0.1) is 0 Å². The summed E-state index contributed by atoms with van der Waals surface area (Å²) in [6.07, 6.45) is 0. The molecule has 0 saturated heterocycles. The van der Waals surface area contributed by atoms with Crippen molar-refractivity contribution in [1.29, 1.82) is 0 Å². The van der Waals surface area contributed by atoms with E-state index in [-0.39, 0.29) is 5.56 Å². The standard InChI is InChI=1S/C15H7BrCl2O2/c16-8-1-2-9-11(5-8)10-6-14(18)13(17)4-7(10)3-12(9)15(19)20/h1-6H,(H,19,20). The molecule has 0 aliphatic heterocycles. The molecule has 0 aliphatic rings. The predicted molar refractivity (Wildman–Crippen MR) is 86.1 cm³/mol. The van der Waals surface area contributed by atoms with Crippen LogP contribution >= 0.6 is 39.1 Å². The second-order valence-corrected chi connectivity index (χ2v) is 6.14. The second kappa shape index (κ2) is 4.92. The summed E-state index contributed by atoms with van der Waals surface area (Å²) in [5.41, 5.74) is 0.249. The fourth-order valence-corrected chi connectivity index (χ4v) is 3.00. The smallest absolute Gasteiger partial charge is 0.336 e. The van der Waals surface area contributed by atoms with Gasteiger partial charge in [0.1, 0.15) is 0 Å². The van der Waals surface area contributed by atoms with Gasteiger partial charge in [0.15, 0.2) is 0 Å². The van der Waals surface area contributed by atoms with Gasteiger partial charge in [0.05, 0.1) is 15.6 Å². The molecule has 0 fully saturated rings. The molecule has 100 valence electrons. The van der Waals surface area contributed by atoms with Crippen LogP contribution in [0.15, 0.2) is 40.9 Å². The summed E-state index contributed by atoms with van der Waals surface area (Å²) in [6, 6.07) is 10.6. The van der Waals surface area contributed by atoms with E-state index in [1.54, 1.807) is 24.3 Å². The van der Waals surface area contributed by atoms with Crippen molar-refractivity contribution in [1.82, 2.24) is 0 Å². The highest BCUT2D eigenvalue weighted by molar-refractivity contribution is 9.10. The third kappa shape index (κ3) is 2.16. The van der Waals surface area contributed by atoms with Crippen LogP contribution in [0.25, 0.3) is 21.5 Å². The number of fused-ring (bicyclic) bond motifs is 3. The third-order valence-corrected chi connectivity index (χ3v) is 4.40. The lowest BCUT2D eigenvalue weighted by atomic mass is 9.97. The summed E-state index contributed by atoms with van der Waals surface area (Å²) in [5.74, 6) is -0.967. The van der Waals surface area contributed by atoms with Crippen molar-refractivity contribution < 1.29 is 9.90 Å². The Morgan fingerprint density at radius 1 is 0.950 bits per heavy atom. The Morgan fingerprint density at radius 3 is 2.35 bits per heavy atom. The van der Waals surface area contributed by atoms with Crippen LogP contribution in [0.3, 0.4) is 0 Å². The topological polar surface area (TPSA) is 37.3 Å². The normalized spacial score (nSPS) is 11.2. The van der Waals surface area contributed by atoms with Gasteiger partial charge in [-0.2, -0.15) is 0 Å². The Balaban J connectivity index is 2.58. The summed E-state index contributed by atoms with van der Waals surface area (Å²) >= 11 is 15.5. The van der Waals surface area contributed by atoms with E-state index in [0.717, 1.165) is 20.6 Å². The number of rotatable bonds is 1. The summed E-state index contributed by atoms with van der Waals surface area (Å²) < 4.78 is 0.875. The summed E-state index contributed by atoms with van der Waals surface area (Å²) in [5, 5.41) is 13.3. The maximum atomic E-state index is 11.4. The Kier molecular flexibility index (Phi) is 3.36. The van der Waals surface area contributed by atoms with Crippen molar-refractivity contribution >= 4 is 66.6 Å². The molecule has 3 rings (SSSR count). The highest BCUT2D eigenvalue weighted by Crippen LogP contribution is 2.35. The molecule has 0 aliphatic carbocycles. The van der Waals surface area contributed by atoms with Gasteiger partial charge in [0, 0.05) is 4.47 Å². The summed E-state index contributed by atoms with van der Waals surface area (Å²) in [4.78, 5) is 11.4. The van der Waals surface area contributed by atoms with Crippen LogP contribution in [0, 0.1) is 0 Å². The minimum Gasteiger partial charge on any atom is -0.478 e. The molecule has 0 radical (unpaired) electrons. The van der Waals surface area contributed by atoms with E-state index in [0.29, 0.717) is 15.4 Å². The first kappa shape index (κ1) is 13.7. The van der Waals surface area contributed by atoms with Gasteiger partial charge in [-0.05, 0) is 51.9 Å². The van der Waals surface area contributed by atoms with Gasteiger partial charge < -0.3 is 5.11 Å². The van der Waals surface area contributed by atoms with Crippen molar-refractivity contribution in [2.45, 2.75) is 0 Å². The zero-order valence-corrected chi connectivity index (χ0v) is 13.1. The largest absolute Gasteiger partial charge is 0.478 e. The first-order valence-electron chi connectivity index (χ1n) is 5.71.